The molecular weight excluding hydrogens is 318 g/mol. The lowest BCUT2D eigenvalue weighted by molar-refractivity contribution is 0.0998. The molecule has 5 heteroatoms. The molecule has 0 atom stereocenters. The van der Waals surface area contributed by atoms with Crippen molar-refractivity contribution in [2.75, 3.05) is 0 Å². The number of nitrogens with two attached hydrogens (primary N) is 1. The van der Waals surface area contributed by atoms with Gasteiger partial charge in [0, 0.05) is 5.02 Å². The summed E-state index contributed by atoms with van der Waals surface area (Å²) in [7, 11) is 0. The Labute approximate surface area is 118 Å². The van der Waals surface area contributed by atoms with Gasteiger partial charge in [-0.2, -0.15) is 0 Å². The van der Waals surface area contributed by atoms with Crippen LogP contribution in [0.4, 0.5) is 0 Å². The Bertz CT molecular complexity index is 601. The highest BCUT2D eigenvalue weighted by atomic mass is 79.9. The highest BCUT2D eigenvalue weighted by molar-refractivity contribution is 9.10. The standard InChI is InChI=1S/C13H9BrClNO2/c14-10-3-1-2-4-12(10)18-11-6-5-8(15)7-9(11)13(16)17/h1-7H,(H2,16,17). The highest BCUT2D eigenvalue weighted by Gasteiger charge is 2.12. The normalized spacial score (nSPS) is 10.1. The molecule has 0 aromatic heterocycles. The van der Waals surface area contributed by atoms with Gasteiger partial charge in [0.1, 0.15) is 11.5 Å². The number of benzene rings is 2. The third kappa shape index (κ3) is 2.83. The fourth-order valence-corrected chi connectivity index (χ4v) is 1.97. The van der Waals surface area contributed by atoms with Crippen molar-refractivity contribution in [2.24, 2.45) is 5.73 Å². The van der Waals surface area contributed by atoms with E-state index in [2.05, 4.69) is 15.9 Å². The van der Waals surface area contributed by atoms with Crippen LogP contribution in [-0.2, 0) is 0 Å². The highest BCUT2D eigenvalue weighted by Crippen LogP contribution is 2.32. The number of hydrogen-bond donors (Lipinski definition) is 1. The Balaban J connectivity index is 2.41. The summed E-state index contributed by atoms with van der Waals surface area (Å²) in [6.07, 6.45) is 0. The van der Waals surface area contributed by atoms with Crippen LogP contribution in [0.5, 0.6) is 11.5 Å². The largest absolute Gasteiger partial charge is 0.455 e. The van der Waals surface area contributed by atoms with E-state index in [4.69, 9.17) is 22.1 Å². The maximum absolute atomic E-state index is 11.3. The van der Waals surface area contributed by atoms with E-state index in [1.807, 2.05) is 18.2 Å². The lowest BCUT2D eigenvalue weighted by Crippen LogP contribution is -2.12. The molecule has 92 valence electrons. The summed E-state index contributed by atoms with van der Waals surface area (Å²) in [6, 6.07) is 12.1. The number of ether oxygens (including phenoxy) is 1. The van der Waals surface area contributed by atoms with Crippen molar-refractivity contribution in [3.05, 3.63) is 57.5 Å². The van der Waals surface area contributed by atoms with Crippen LogP contribution in [-0.4, -0.2) is 5.91 Å². The number of para-hydroxylation sites is 1. The van der Waals surface area contributed by atoms with Crippen molar-refractivity contribution in [1.82, 2.24) is 0 Å². The Morgan fingerprint density at radius 1 is 1.17 bits per heavy atom. The van der Waals surface area contributed by atoms with E-state index in [0.29, 0.717) is 16.5 Å². The molecule has 0 aliphatic heterocycles. The maximum atomic E-state index is 11.3. The predicted octanol–water partition coefficient (Wildman–Crippen LogP) is 3.99. The van der Waals surface area contributed by atoms with E-state index < -0.39 is 5.91 Å². The third-order valence-corrected chi connectivity index (χ3v) is 3.15. The van der Waals surface area contributed by atoms with Crippen molar-refractivity contribution in [3.63, 3.8) is 0 Å². The van der Waals surface area contributed by atoms with E-state index in [9.17, 15) is 4.79 Å². The molecule has 2 aromatic rings. The van der Waals surface area contributed by atoms with Crippen molar-refractivity contribution in [2.45, 2.75) is 0 Å². The van der Waals surface area contributed by atoms with Crippen molar-refractivity contribution in [1.29, 1.82) is 0 Å². The van der Waals surface area contributed by atoms with Gasteiger partial charge in [0.15, 0.2) is 0 Å². The van der Waals surface area contributed by atoms with E-state index >= 15 is 0 Å². The van der Waals surface area contributed by atoms with Gasteiger partial charge in [0.25, 0.3) is 5.91 Å². The summed E-state index contributed by atoms with van der Waals surface area (Å²) < 4.78 is 6.44. The first-order valence-electron chi connectivity index (χ1n) is 5.09. The average Bonchev–Trinajstić information content (AvgIpc) is 2.34. The smallest absolute Gasteiger partial charge is 0.252 e. The fraction of sp³-hybridized carbons (Fsp3) is 0. The van der Waals surface area contributed by atoms with E-state index in [0.717, 1.165) is 4.47 Å². The monoisotopic (exact) mass is 325 g/mol. The van der Waals surface area contributed by atoms with Gasteiger partial charge in [-0.05, 0) is 46.3 Å². The number of halogens is 2. The van der Waals surface area contributed by atoms with Gasteiger partial charge in [0.05, 0.1) is 10.0 Å². The zero-order valence-electron chi connectivity index (χ0n) is 9.19. The first kappa shape index (κ1) is 12.9. The summed E-state index contributed by atoms with van der Waals surface area (Å²) in [5.41, 5.74) is 5.53. The van der Waals surface area contributed by atoms with Crippen molar-refractivity contribution < 1.29 is 9.53 Å². The Morgan fingerprint density at radius 2 is 1.89 bits per heavy atom. The number of hydrogen-bond acceptors (Lipinski definition) is 2. The van der Waals surface area contributed by atoms with E-state index in [-0.39, 0.29) is 5.56 Å². The quantitative estimate of drug-likeness (QED) is 0.927. The van der Waals surface area contributed by atoms with Crippen LogP contribution in [0, 0.1) is 0 Å². The van der Waals surface area contributed by atoms with Gasteiger partial charge in [0.2, 0.25) is 0 Å². The first-order valence-corrected chi connectivity index (χ1v) is 6.27. The Morgan fingerprint density at radius 3 is 2.56 bits per heavy atom. The Kier molecular flexibility index (Phi) is 3.89. The molecule has 18 heavy (non-hydrogen) atoms. The van der Waals surface area contributed by atoms with Crippen LogP contribution in [0.3, 0.4) is 0 Å². The van der Waals surface area contributed by atoms with Gasteiger partial charge in [-0.1, -0.05) is 23.7 Å². The lowest BCUT2D eigenvalue weighted by atomic mass is 10.2. The van der Waals surface area contributed by atoms with E-state index in [1.54, 1.807) is 18.2 Å². The van der Waals surface area contributed by atoms with Gasteiger partial charge in [-0.15, -0.1) is 0 Å². The third-order valence-electron chi connectivity index (χ3n) is 2.26. The number of amides is 1. The minimum atomic E-state index is -0.584. The molecule has 0 aliphatic rings. The summed E-state index contributed by atoms with van der Waals surface area (Å²) in [5, 5.41) is 0.434. The lowest BCUT2D eigenvalue weighted by Gasteiger charge is -2.10. The first-order chi connectivity index (χ1) is 8.58. The number of rotatable bonds is 3. The molecule has 0 heterocycles. The minimum Gasteiger partial charge on any atom is -0.455 e. The second-order valence-electron chi connectivity index (χ2n) is 3.54. The van der Waals surface area contributed by atoms with Crippen molar-refractivity contribution >= 4 is 33.4 Å². The molecule has 0 unspecified atom stereocenters. The molecule has 0 saturated heterocycles. The fourth-order valence-electron chi connectivity index (χ4n) is 1.43. The second kappa shape index (κ2) is 5.42. The summed E-state index contributed by atoms with van der Waals surface area (Å²) >= 11 is 9.19. The zero-order chi connectivity index (χ0) is 13.1. The van der Waals surface area contributed by atoms with Gasteiger partial charge in [-0.25, -0.2) is 0 Å². The molecule has 2 aromatic carbocycles. The number of carbonyl (C=O) groups is 1. The molecule has 0 fully saturated rings. The summed E-state index contributed by atoms with van der Waals surface area (Å²) in [6.45, 7) is 0. The van der Waals surface area contributed by atoms with Crippen molar-refractivity contribution in [3.8, 4) is 11.5 Å². The van der Waals surface area contributed by atoms with Gasteiger partial charge >= 0.3 is 0 Å². The SMILES string of the molecule is NC(=O)c1cc(Cl)ccc1Oc1ccccc1Br. The zero-order valence-corrected chi connectivity index (χ0v) is 11.5. The minimum absolute atomic E-state index is 0.248. The van der Waals surface area contributed by atoms with E-state index in [1.165, 1.54) is 6.07 Å². The molecule has 0 spiro atoms. The summed E-state index contributed by atoms with van der Waals surface area (Å²) in [5.74, 6) is 0.390. The van der Waals surface area contributed by atoms with Crippen LogP contribution in [0.15, 0.2) is 46.9 Å². The Hall–Kier alpha value is -1.52. The van der Waals surface area contributed by atoms with Crippen LogP contribution in [0.1, 0.15) is 10.4 Å². The second-order valence-corrected chi connectivity index (χ2v) is 4.83. The number of primary amides is 1. The summed E-state index contributed by atoms with van der Waals surface area (Å²) in [4.78, 5) is 11.3. The van der Waals surface area contributed by atoms with Crippen LogP contribution >= 0.6 is 27.5 Å². The molecular formula is C13H9BrClNO2. The molecule has 2 rings (SSSR count). The molecule has 0 bridgehead atoms. The number of carbonyl (C=O) groups excluding carboxylic acids is 1. The van der Waals surface area contributed by atoms with Crippen LogP contribution in [0.25, 0.3) is 0 Å². The molecule has 0 saturated carbocycles. The topological polar surface area (TPSA) is 52.3 Å². The predicted molar refractivity (Wildman–Crippen MR) is 74.2 cm³/mol. The van der Waals surface area contributed by atoms with Gasteiger partial charge < -0.3 is 10.5 Å². The molecule has 0 radical (unpaired) electrons. The van der Waals surface area contributed by atoms with Gasteiger partial charge in [-0.3, -0.25) is 4.79 Å². The molecule has 1 amide bonds. The maximum Gasteiger partial charge on any atom is 0.252 e. The molecule has 3 nitrogen and oxygen atoms in total. The van der Waals surface area contributed by atoms with Crippen LogP contribution < -0.4 is 10.5 Å². The molecule has 2 N–H and O–H groups in total. The van der Waals surface area contributed by atoms with Crippen LogP contribution in [0.2, 0.25) is 5.02 Å². The average molecular weight is 327 g/mol. The molecule has 0 aliphatic carbocycles.